The van der Waals surface area contributed by atoms with Crippen LogP contribution >= 0.6 is 0 Å². The van der Waals surface area contributed by atoms with E-state index in [2.05, 4.69) is 46.2 Å². The Balaban J connectivity index is 1.10. The van der Waals surface area contributed by atoms with Gasteiger partial charge in [-0.05, 0) is 171 Å². The SMILES string of the molecule is Cc1cc(N=Nc2cc(C)c(N=Nc3ccc(S(=O)(=O)O)cc3S(=O)(=O)O)cc2OCCCS(=O)(=O)O)c(C)cc1N=Nc1cc(C)c(N=Nc2c(S(=O)(=O)O)cc3cc(NCOc4ccc(N)cc4)ccc3c2O)cc1C. The molecule has 0 heterocycles. The van der Waals surface area contributed by atoms with E-state index < -0.39 is 78.0 Å². The van der Waals surface area contributed by atoms with Crippen LogP contribution in [0.25, 0.3) is 10.8 Å². The van der Waals surface area contributed by atoms with Crippen LogP contribution in [-0.2, 0) is 40.5 Å². The maximum atomic E-state index is 12.6. The Morgan fingerprint density at radius 3 is 1.50 bits per heavy atom. The first-order chi connectivity index (χ1) is 36.5. The summed E-state index contributed by atoms with van der Waals surface area (Å²) < 4.78 is 145. The summed E-state index contributed by atoms with van der Waals surface area (Å²) >= 11 is 0. The highest BCUT2D eigenvalue weighted by Gasteiger charge is 2.24. The number of azo groups is 4. The van der Waals surface area contributed by atoms with Crippen molar-refractivity contribution >= 4 is 108 Å². The molecule has 0 unspecified atom stereocenters. The van der Waals surface area contributed by atoms with Crippen molar-refractivity contribution in [1.29, 1.82) is 0 Å². The molecule has 0 aliphatic heterocycles. The summed E-state index contributed by atoms with van der Waals surface area (Å²) in [4.78, 5) is -2.46. The minimum atomic E-state index is -5.06. The van der Waals surface area contributed by atoms with Gasteiger partial charge < -0.3 is 25.6 Å². The molecule has 7 aromatic carbocycles. The predicted octanol–water partition coefficient (Wildman–Crippen LogP) is 12.2. The van der Waals surface area contributed by atoms with Crippen LogP contribution in [0.3, 0.4) is 0 Å². The van der Waals surface area contributed by atoms with E-state index in [0.29, 0.717) is 73.8 Å². The topological polar surface area (TPSA) is 393 Å². The van der Waals surface area contributed by atoms with E-state index in [4.69, 9.17) is 15.2 Å². The quantitative estimate of drug-likeness (QED) is 0.0123. The van der Waals surface area contributed by atoms with Crippen LogP contribution in [0.4, 0.5) is 56.9 Å². The lowest BCUT2D eigenvalue weighted by molar-refractivity contribution is 0.317. The first-order valence-electron chi connectivity index (χ1n) is 22.7. The molecule has 29 heteroatoms. The number of nitrogens with one attached hydrogen (secondary N) is 1. The van der Waals surface area contributed by atoms with Crippen LogP contribution in [0.2, 0.25) is 0 Å². The van der Waals surface area contributed by atoms with E-state index in [1.807, 2.05) is 0 Å². The second-order valence-electron chi connectivity index (χ2n) is 17.3. The standard InChI is InChI=1S/C49H48N10O15S4/c1-27-18-41(55-58-44-21-31(5)43(25-45(44)73-15-6-16-75(61,62)63)56-52-38-14-12-36(76(64,65)66)24-46(38)77(67,68)69)28(2)17-39(27)53-54-40-19-30(4)42(20-29(40)3)57-59-48-47(78(70,71)72)23-32-22-34(9-13-37(32)49(48)60)51-26-74-35-10-7-33(50)8-11-35/h7-14,17-25,51,60H,6,15-16,26,50H2,1-5H3,(H,61,62,63)(H,64,65,66)(H,67,68,69)(H,70,71,72). The Labute approximate surface area is 447 Å². The summed E-state index contributed by atoms with van der Waals surface area (Å²) in [6.07, 6.45) is -0.135. The molecule has 7 aromatic rings. The van der Waals surface area contributed by atoms with Crippen molar-refractivity contribution in [2.75, 3.05) is 30.1 Å². The molecule has 408 valence electrons. The smallest absolute Gasteiger partial charge is 0.296 e. The molecule has 0 atom stereocenters. The highest BCUT2D eigenvalue weighted by atomic mass is 32.2. The van der Waals surface area contributed by atoms with E-state index in [0.717, 1.165) is 12.1 Å². The number of benzene rings is 7. The third-order valence-electron chi connectivity index (χ3n) is 11.4. The molecule has 0 spiro atoms. The Bertz CT molecular complexity index is 4100. The van der Waals surface area contributed by atoms with Crippen molar-refractivity contribution in [1.82, 2.24) is 0 Å². The van der Waals surface area contributed by atoms with Crippen LogP contribution in [0.15, 0.2) is 159 Å². The summed E-state index contributed by atoms with van der Waals surface area (Å²) in [6.45, 7) is 8.40. The zero-order valence-electron chi connectivity index (χ0n) is 41.7. The van der Waals surface area contributed by atoms with Crippen molar-refractivity contribution < 1.29 is 66.5 Å². The molecule has 78 heavy (non-hydrogen) atoms. The molecule has 7 rings (SSSR count). The largest absolute Gasteiger partial charge is 0.505 e. The summed E-state index contributed by atoms with van der Waals surface area (Å²) in [5.74, 6) is -0.572. The van der Waals surface area contributed by atoms with Crippen LogP contribution in [-0.4, -0.2) is 76.1 Å². The van der Waals surface area contributed by atoms with E-state index >= 15 is 0 Å². The molecular weight excluding hydrogens is 1100 g/mol. The van der Waals surface area contributed by atoms with Gasteiger partial charge in [-0.1, -0.05) is 0 Å². The normalized spacial score (nSPS) is 12.7. The lowest BCUT2D eigenvalue weighted by Crippen LogP contribution is -2.08. The van der Waals surface area contributed by atoms with Crippen molar-refractivity contribution in [3.8, 4) is 17.2 Å². The molecule has 0 aliphatic rings. The minimum absolute atomic E-state index is 0.0134. The highest BCUT2D eigenvalue weighted by Crippen LogP contribution is 2.44. The number of anilines is 2. The summed E-state index contributed by atoms with van der Waals surface area (Å²) in [7, 11) is -19.2. The number of rotatable bonds is 20. The van der Waals surface area contributed by atoms with E-state index in [1.54, 1.807) is 101 Å². The fraction of sp³-hybridized carbons (Fsp3) is 0.184. The molecule has 25 nitrogen and oxygen atoms in total. The maximum absolute atomic E-state index is 12.6. The predicted molar refractivity (Wildman–Crippen MR) is 288 cm³/mol. The second-order valence-corrected chi connectivity index (χ2v) is 23.1. The zero-order chi connectivity index (χ0) is 56.9. The monoisotopic (exact) mass is 1140 g/mol. The summed E-state index contributed by atoms with van der Waals surface area (Å²) in [6, 6.07) is 24.6. The number of nitrogen functional groups attached to an aromatic ring is 1. The van der Waals surface area contributed by atoms with Gasteiger partial charge in [0.15, 0.2) is 12.5 Å². The average Bonchev–Trinajstić information content (AvgIpc) is 3.38. The van der Waals surface area contributed by atoms with Crippen molar-refractivity contribution in [3.63, 3.8) is 0 Å². The molecular formula is C49H48N10O15S4. The Hall–Kier alpha value is -8.16. The molecule has 0 fully saturated rings. The fourth-order valence-corrected chi connectivity index (χ4v) is 9.65. The van der Waals surface area contributed by atoms with Gasteiger partial charge in [-0.3, -0.25) is 18.2 Å². The number of nitrogens with two attached hydrogens (primary N) is 1. The molecule has 0 radical (unpaired) electrons. The van der Waals surface area contributed by atoms with Crippen LogP contribution in [0, 0.1) is 34.6 Å². The Morgan fingerprint density at radius 2 is 0.987 bits per heavy atom. The molecule has 0 aliphatic carbocycles. The van der Waals surface area contributed by atoms with E-state index in [-0.39, 0.29) is 47.7 Å². The third kappa shape index (κ3) is 14.6. The zero-order valence-corrected chi connectivity index (χ0v) is 45.0. The van der Waals surface area contributed by atoms with Gasteiger partial charge in [-0.25, -0.2) is 0 Å². The second kappa shape index (κ2) is 23.2. The van der Waals surface area contributed by atoms with E-state index in [1.165, 1.54) is 18.2 Å². The lowest BCUT2D eigenvalue weighted by atomic mass is 10.1. The number of fused-ring (bicyclic) bond motifs is 1. The molecule has 0 saturated carbocycles. The van der Waals surface area contributed by atoms with Gasteiger partial charge in [-0.2, -0.15) is 59.2 Å². The maximum Gasteiger partial charge on any atom is 0.296 e. The molecule has 0 saturated heterocycles. The Morgan fingerprint density at radius 1 is 0.500 bits per heavy atom. The number of aromatic hydroxyl groups is 1. The van der Waals surface area contributed by atoms with Gasteiger partial charge in [0, 0.05) is 22.8 Å². The molecule has 0 amide bonds. The summed E-state index contributed by atoms with van der Waals surface area (Å²) in [5.41, 5.74) is 10.5. The van der Waals surface area contributed by atoms with Gasteiger partial charge in [0.1, 0.15) is 38.4 Å². The summed E-state index contributed by atoms with van der Waals surface area (Å²) in [5, 5.41) is 48.9. The van der Waals surface area contributed by atoms with Crippen LogP contribution in [0.1, 0.15) is 34.2 Å². The number of hydrogen-bond acceptors (Lipinski definition) is 21. The number of aryl methyl sites for hydroxylation is 5. The third-order valence-corrected chi connectivity index (χ3v) is 14.8. The number of nitrogens with zero attached hydrogens (tertiary/aromatic N) is 8. The number of phenolic OH excluding ortho intramolecular Hbond substituents is 1. The first-order valence-corrected chi connectivity index (χ1v) is 28.7. The first kappa shape index (κ1) is 57.5. The van der Waals surface area contributed by atoms with Crippen LogP contribution in [0.5, 0.6) is 17.2 Å². The molecule has 8 N–H and O–H groups in total. The number of hydrogen-bond donors (Lipinski definition) is 7. The van der Waals surface area contributed by atoms with Crippen LogP contribution < -0.4 is 20.5 Å². The fourth-order valence-electron chi connectivity index (χ4n) is 7.28. The van der Waals surface area contributed by atoms with Gasteiger partial charge >= 0.3 is 0 Å². The van der Waals surface area contributed by atoms with Crippen molar-refractivity contribution in [2.24, 2.45) is 40.9 Å². The van der Waals surface area contributed by atoms with E-state index in [9.17, 15) is 57.0 Å². The minimum Gasteiger partial charge on any atom is -0.505 e. The van der Waals surface area contributed by atoms with Crippen molar-refractivity contribution in [2.45, 2.75) is 55.7 Å². The molecule has 0 aromatic heterocycles. The highest BCUT2D eigenvalue weighted by molar-refractivity contribution is 7.87. The van der Waals surface area contributed by atoms with Gasteiger partial charge in [0.05, 0.1) is 45.7 Å². The van der Waals surface area contributed by atoms with Gasteiger partial charge in [0.2, 0.25) is 0 Å². The van der Waals surface area contributed by atoms with Gasteiger partial charge in [-0.15, -0.1) is 15.3 Å². The number of phenols is 1. The lowest BCUT2D eigenvalue weighted by Gasteiger charge is -2.12. The number of ether oxygens (including phenoxy) is 2. The average molecular weight is 1150 g/mol. The van der Waals surface area contributed by atoms with Crippen molar-refractivity contribution in [3.05, 3.63) is 131 Å². The molecule has 0 bridgehead atoms. The Kier molecular flexibility index (Phi) is 17.1. The van der Waals surface area contributed by atoms with Gasteiger partial charge in [0.25, 0.3) is 40.5 Å².